The van der Waals surface area contributed by atoms with E-state index >= 15 is 0 Å². The highest BCUT2D eigenvalue weighted by atomic mass is 32.2. The SMILES string of the molecule is O=C1N=[C]CC2C=CSC12. The zero-order chi connectivity index (χ0) is 6.97. The maximum Gasteiger partial charge on any atom is 0.260 e. The van der Waals surface area contributed by atoms with Crippen LogP contribution in [0.2, 0.25) is 0 Å². The van der Waals surface area contributed by atoms with Crippen LogP contribution in [-0.2, 0) is 4.79 Å². The van der Waals surface area contributed by atoms with Crippen LogP contribution in [0, 0.1) is 5.92 Å². The van der Waals surface area contributed by atoms with E-state index in [-0.39, 0.29) is 11.2 Å². The number of aliphatic imine (C=N–C) groups is 1. The van der Waals surface area contributed by atoms with Crippen LogP contribution in [0.1, 0.15) is 6.42 Å². The van der Waals surface area contributed by atoms with Gasteiger partial charge in [0.05, 0.1) is 11.5 Å². The second kappa shape index (κ2) is 2.23. The van der Waals surface area contributed by atoms with E-state index in [0.29, 0.717) is 5.92 Å². The van der Waals surface area contributed by atoms with Gasteiger partial charge in [-0.1, -0.05) is 6.08 Å². The molecule has 1 radical (unpaired) electrons. The Labute approximate surface area is 63.4 Å². The highest BCUT2D eigenvalue weighted by molar-refractivity contribution is 8.03. The van der Waals surface area contributed by atoms with Crippen LogP contribution in [0.15, 0.2) is 16.5 Å². The first-order valence-electron chi connectivity index (χ1n) is 3.17. The molecule has 10 heavy (non-hydrogen) atoms. The molecule has 0 bridgehead atoms. The molecule has 2 nitrogen and oxygen atoms in total. The fourth-order valence-corrected chi connectivity index (χ4v) is 2.16. The molecule has 51 valence electrons. The smallest absolute Gasteiger partial charge is 0.260 e. The van der Waals surface area contributed by atoms with Crippen molar-refractivity contribution in [2.24, 2.45) is 10.9 Å². The Balaban J connectivity index is 2.25. The minimum atomic E-state index is -0.0220. The van der Waals surface area contributed by atoms with Crippen LogP contribution >= 0.6 is 11.8 Å². The Kier molecular flexibility index (Phi) is 1.38. The molecule has 0 aliphatic carbocycles. The van der Waals surface area contributed by atoms with E-state index in [4.69, 9.17) is 0 Å². The second-order valence-electron chi connectivity index (χ2n) is 2.36. The molecule has 3 heteroatoms. The fraction of sp³-hybridized carbons (Fsp3) is 0.429. The summed E-state index contributed by atoms with van der Waals surface area (Å²) in [7, 11) is 0. The molecule has 0 fully saturated rings. The zero-order valence-electron chi connectivity index (χ0n) is 5.28. The zero-order valence-corrected chi connectivity index (χ0v) is 6.10. The van der Waals surface area contributed by atoms with Crippen LogP contribution in [0.5, 0.6) is 0 Å². The lowest BCUT2D eigenvalue weighted by molar-refractivity contribution is -0.118. The van der Waals surface area contributed by atoms with Gasteiger partial charge in [-0.25, -0.2) is 4.99 Å². The van der Waals surface area contributed by atoms with Crippen LogP contribution in [0.4, 0.5) is 0 Å². The molecule has 0 spiro atoms. The number of carbonyl (C=O) groups is 1. The molecule has 2 aliphatic heterocycles. The third-order valence-electron chi connectivity index (χ3n) is 1.70. The molecule has 0 aromatic heterocycles. The summed E-state index contributed by atoms with van der Waals surface area (Å²) in [6.45, 7) is 0. The van der Waals surface area contributed by atoms with Crippen molar-refractivity contribution in [3.8, 4) is 0 Å². The molecule has 2 unspecified atom stereocenters. The first-order valence-corrected chi connectivity index (χ1v) is 4.12. The number of fused-ring (bicyclic) bond motifs is 1. The Morgan fingerprint density at radius 2 is 2.70 bits per heavy atom. The first-order chi connectivity index (χ1) is 4.88. The number of thioether (sulfide) groups is 1. The lowest BCUT2D eigenvalue weighted by Gasteiger charge is -2.15. The number of carbonyl (C=O) groups excluding carboxylic acids is 1. The predicted molar refractivity (Wildman–Crippen MR) is 41.1 cm³/mol. The highest BCUT2D eigenvalue weighted by Gasteiger charge is 2.31. The van der Waals surface area contributed by atoms with Crippen molar-refractivity contribution >= 4 is 23.9 Å². The minimum absolute atomic E-state index is 0.0220. The van der Waals surface area contributed by atoms with Gasteiger partial charge in [-0.05, 0) is 11.8 Å². The molecule has 2 aliphatic rings. The average Bonchev–Trinajstić information content (AvgIpc) is 2.36. The van der Waals surface area contributed by atoms with Crippen LogP contribution in [-0.4, -0.2) is 17.4 Å². The standard InChI is InChI=1S/C7H6NOS/c9-7-6-5(1-3-8-7)2-4-10-6/h2,4-6H,1H2. The van der Waals surface area contributed by atoms with E-state index in [1.807, 2.05) is 5.41 Å². The van der Waals surface area contributed by atoms with E-state index in [9.17, 15) is 4.79 Å². The van der Waals surface area contributed by atoms with Gasteiger partial charge in [0, 0.05) is 5.92 Å². The van der Waals surface area contributed by atoms with E-state index in [2.05, 4.69) is 17.3 Å². The predicted octanol–water partition coefficient (Wildman–Crippen LogP) is 1.11. The third kappa shape index (κ3) is 0.814. The maximum absolute atomic E-state index is 11.0. The molecular weight excluding hydrogens is 146 g/mol. The van der Waals surface area contributed by atoms with Crippen molar-refractivity contribution in [3.05, 3.63) is 11.5 Å². The number of nitrogens with zero attached hydrogens (tertiary/aromatic N) is 1. The summed E-state index contributed by atoms with van der Waals surface area (Å²) in [4.78, 5) is 14.6. The van der Waals surface area contributed by atoms with E-state index in [1.165, 1.54) is 0 Å². The van der Waals surface area contributed by atoms with Crippen LogP contribution in [0.25, 0.3) is 0 Å². The fourth-order valence-electron chi connectivity index (χ4n) is 1.14. The summed E-state index contributed by atoms with van der Waals surface area (Å²) in [5.41, 5.74) is 0. The Morgan fingerprint density at radius 3 is 3.50 bits per heavy atom. The highest BCUT2D eigenvalue weighted by Crippen LogP contribution is 2.34. The molecule has 1 amide bonds. The molecule has 0 aromatic carbocycles. The number of allylic oxidation sites excluding steroid dienone is 1. The topological polar surface area (TPSA) is 29.4 Å². The van der Waals surface area contributed by atoms with E-state index < -0.39 is 0 Å². The third-order valence-corrected chi connectivity index (χ3v) is 2.86. The number of rotatable bonds is 0. The normalized spacial score (nSPS) is 36.6. The summed E-state index contributed by atoms with van der Waals surface area (Å²) in [5, 5.41) is 2.05. The first kappa shape index (κ1) is 6.16. The molecule has 0 saturated heterocycles. The van der Waals surface area contributed by atoms with Gasteiger partial charge in [-0.15, -0.1) is 11.8 Å². The molecule has 2 heterocycles. The lowest BCUT2D eigenvalue weighted by atomic mass is 10.00. The summed E-state index contributed by atoms with van der Waals surface area (Å²) < 4.78 is 0. The summed E-state index contributed by atoms with van der Waals surface area (Å²) in [6, 6.07) is 0. The molecule has 0 saturated carbocycles. The van der Waals surface area contributed by atoms with Crippen molar-refractivity contribution in [1.29, 1.82) is 0 Å². The average molecular weight is 152 g/mol. The van der Waals surface area contributed by atoms with Crippen LogP contribution < -0.4 is 0 Å². The Hall–Kier alpha value is -0.570. The van der Waals surface area contributed by atoms with Crippen molar-refractivity contribution in [3.63, 3.8) is 0 Å². The van der Waals surface area contributed by atoms with Gasteiger partial charge in [-0.3, -0.25) is 4.79 Å². The molecule has 0 N–H and O–H groups in total. The summed E-state index contributed by atoms with van der Waals surface area (Å²) >= 11 is 1.57. The lowest BCUT2D eigenvalue weighted by Crippen LogP contribution is -2.25. The largest absolute Gasteiger partial charge is 0.271 e. The van der Waals surface area contributed by atoms with E-state index in [1.54, 1.807) is 11.8 Å². The van der Waals surface area contributed by atoms with Gasteiger partial charge in [0.2, 0.25) is 0 Å². The Morgan fingerprint density at radius 1 is 1.80 bits per heavy atom. The van der Waals surface area contributed by atoms with Gasteiger partial charge < -0.3 is 0 Å². The quantitative estimate of drug-likeness (QED) is 0.520. The summed E-state index contributed by atoms with van der Waals surface area (Å²) in [6.07, 6.45) is 5.59. The molecular formula is C7H6NOS. The second-order valence-corrected chi connectivity index (χ2v) is 3.41. The van der Waals surface area contributed by atoms with Crippen molar-refractivity contribution < 1.29 is 4.79 Å². The van der Waals surface area contributed by atoms with Crippen LogP contribution in [0.3, 0.4) is 0 Å². The number of hydrogen-bond acceptors (Lipinski definition) is 2. The van der Waals surface area contributed by atoms with Gasteiger partial charge in [0.1, 0.15) is 0 Å². The summed E-state index contributed by atoms with van der Waals surface area (Å²) in [5.74, 6) is 0.348. The minimum Gasteiger partial charge on any atom is -0.271 e. The van der Waals surface area contributed by atoms with Gasteiger partial charge in [0.25, 0.3) is 5.91 Å². The van der Waals surface area contributed by atoms with Gasteiger partial charge in [0.15, 0.2) is 0 Å². The maximum atomic E-state index is 11.0. The number of hydrogen-bond donors (Lipinski definition) is 0. The molecule has 2 rings (SSSR count). The van der Waals surface area contributed by atoms with Crippen molar-refractivity contribution in [2.75, 3.05) is 0 Å². The monoisotopic (exact) mass is 152 g/mol. The molecule has 2 atom stereocenters. The Bertz CT molecular complexity index is 222. The molecule has 0 aromatic rings. The van der Waals surface area contributed by atoms with Gasteiger partial charge in [-0.2, -0.15) is 0 Å². The van der Waals surface area contributed by atoms with Crippen molar-refractivity contribution in [2.45, 2.75) is 11.7 Å². The number of amides is 1. The van der Waals surface area contributed by atoms with Crippen molar-refractivity contribution in [1.82, 2.24) is 0 Å². The van der Waals surface area contributed by atoms with E-state index in [0.717, 1.165) is 6.42 Å². The van der Waals surface area contributed by atoms with Gasteiger partial charge >= 0.3 is 0 Å².